The first kappa shape index (κ1) is 23.5. The summed E-state index contributed by atoms with van der Waals surface area (Å²) >= 11 is 0. The molecule has 9 heteroatoms. The Morgan fingerprint density at radius 2 is 1.84 bits per heavy atom. The number of ether oxygens (including phenoxy) is 1. The molecule has 2 amide bonds. The number of rotatable bonds is 5. The quantitative estimate of drug-likeness (QED) is 0.693. The standard InChI is InChI=1S/C22H33N3O5S/c1-16-11-12-19(30-3)18(13-16)25-20(26)14-24(31(4,28)29)15-22(25,2)21(27)23-17-9-7-5-6-8-10-17/h11-13,17H,5-10,14-15H2,1-4H3,(H,23,27)/t22-/m0/s1. The first-order chi connectivity index (χ1) is 14.6. The minimum Gasteiger partial charge on any atom is -0.495 e. The van der Waals surface area contributed by atoms with Gasteiger partial charge in [0.2, 0.25) is 21.8 Å². The molecule has 1 saturated carbocycles. The Labute approximate surface area is 185 Å². The predicted molar refractivity (Wildman–Crippen MR) is 120 cm³/mol. The van der Waals surface area contributed by atoms with Gasteiger partial charge in [0.15, 0.2) is 0 Å². The van der Waals surface area contributed by atoms with E-state index in [1.54, 1.807) is 19.1 Å². The predicted octanol–water partition coefficient (Wildman–Crippen LogP) is 2.21. The van der Waals surface area contributed by atoms with E-state index in [1.165, 1.54) is 12.0 Å². The molecule has 0 aromatic heterocycles. The van der Waals surface area contributed by atoms with Gasteiger partial charge in [-0.15, -0.1) is 0 Å². The van der Waals surface area contributed by atoms with Crippen LogP contribution in [0.15, 0.2) is 18.2 Å². The van der Waals surface area contributed by atoms with Crippen molar-refractivity contribution < 1.29 is 22.7 Å². The summed E-state index contributed by atoms with van der Waals surface area (Å²) in [6.07, 6.45) is 7.23. The molecule has 0 radical (unpaired) electrons. The Hall–Kier alpha value is -2.13. The molecule has 2 fully saturated rings. The minimum atomic E-state index is -3.66. The number of piperazine rings is 1. The lowest BCUT2D eigenvalue weighted by atomic mass is 9.93. The highest BCUT2D eigenvalue weighted by Crippen LogP contribution is 2.37. The molecule has 1 aliphatic carbocycles. The number of carbonyl (C=O) groups excluding carboxylic acids is 2. The van der Waals surface area contributed by atoms with Crippen molar-refractivity contribution in [1.29, 1.82) is 0 Å². The number of amides is 2. The van der Waals surface area contributed by atoms with Gasteiger partial charge in [0, 0.05) is 12.6 Å². The first-order valence-corrected chi connectivity index (χ1v) is 12.6. The van der Waals surface area contributed by atoms with Crippen LogP contribution in [0.2, 0.25) is 0 Å². The van der Waals surface area contributed by atoms with E-state index in [-0.39, 0.29) is 25.0 Å². The van der Waals surface area contributed by atoms with Crippen LogP contribution in [0.25, 0.3) is 0 Å². The summed E-state index contributed by atoms with van der Waals surface area (Å²) in [6, 6.07) is 5.44. The molecule has 1 heterocycles. The molecule has 0 spiro atoms. The maximum absolute atomic E-state index is 13.6. The smallest absolute Gasteiger partial charge is 0.247 e. The third-order valence-corrected chi connectivity index (χ3v) is 7.46. The van der Waals surface area contributed by atoms with Gasteiger partial charge >= 0.3 is 0 Å². The highest BCUT2D eigenvalue weighted by atomic mass is 32.2. The summed E-state index contributed by atoms with van der Waals surface area (Å²) in [4.78, 5) is 28.3. The van der Waals surface area contributed by atoms with Gasteiger partial charge < -0.3 is 10.1 Å². The zero-order valence-corrected chi connectivity index (χ0v) is 19.6. The Bertz CT molecular complexity index is 940. The van der Waals surface area contributed by atoms with Crippen molar-refractivity contribution >= 4 is 27.5 Å². The lowest BCUT2D eigenvalue weighted by molar-refractivity contribution is -0.133. The number of hydrogen-bond acceptors (Lipinski definition) is 5. The number of carbonyl (C=O) groups is 2. The number of anilines is 1. The molecule has 2 aliphatic rings. The van der Waals surface area contributed by atoms with Crippen LogP contribution in [0.5, 0.6) is 5.75 Å². The van der Waals surface area contributed by atoms with E-state index >= 15 is 0 Å². The van der Waals surface area contributed by atoms with Crippen LogP contribution in [0, 0.1) is 6.92 Å². The van der Waals surface area contributed by atoms with Gasteiger partial charge in [-0.25, -0.2) is 8.42 Å². The molecule has 1 aromatic rings. The van der Waals surface area contributed by atoms with Gasteiger partial charge in [-0.05, 0) is 44.4 Å². The molecular weight excluding hydrogens is 418 g/mol. The van der Waals surface area contributed by atoms with Crippen molar-refractivity contribution in [2.45, 2.75) is 64.0 Å². The van der Waals surface area contributed by atoms with Crippen LogP contribution >= 0.6 is 0 Å². The average molecular weight is 452 g/mol. The second-order valence-electron chi connectivity index (χ2n) is 8.87. The molecule has 1 aromatic carbocycles. The van der Waals surface area contributed by atoms with Crippen LogP contribution in [-0.4, -0.2) is 62.6 Å². The second kappa shape index (κ2) is 9.16. The highest BCUT2D eigenvalue weighted by Gasteiger charge is 2.51. The number of aryl methyl sites for hydroxylation is 1. The molecular formula is C22H33N3O5S. The van der Waals surface area contributed by atoms with E-state index in [4.69, 9.17) is 4.74 Å². The van der Waals surface area contributed by atoms with Crippen molar-refractivity contribution in [3.05, 3.63) is 23.8 Å². The van der Waals surface area contributed by atoms with E-state index < -0.39 is 21.5 Å². The Morgan fingerprint density at radius 1 is 1.19 bits per heavy atom. The molecule has 1 saturated heterocycles. The molecule has 0 unspecified atom stereocenters. The zero-order valence-electron chi connectivity index (χ0n) is 18.8. The number of methoxy groups -OCH3 is 1. The molecule has 3 rings (SSSR count). The van der Waals surface area contributed by atoms with Gasteiger partial charge in [-0.1, -0.05) is 31.7 Å². The van der Waals surface area contributed by atoms with Crippen molar-refractivity contribution in [2.75, 3.05) is 31.4 Å². The first-order valence-electron chi connectivity index (χ1n) is 10.8. The van der Waals surface area contributed by atoms with Crippen LogP contribution in [0.3, 0.4) is 0 Å². The number of sulfonamides is 1. The average Bonchev–Trinajstić information content (AvgIpc) is 2.95. The Morgan fingerprint density at radius 3 is 2.42 bits per heavy atom. The number of benzene rings is 1. The zero-order chi connectivity index (χ0) is 22.8. The second-order valence-corrected chi connectivity index (χ2v) is 10.9. The van der Waals surface area contributed by atoms with Crippen LogP contribution in [0.1, 0.15) is 51.0 Å². The van der Waals surface area contributed by atoms with Gasteiger partial charge in [-0.2, -0.15) is 4.31 Å². The summed E-state index contributed by atoms with van der Waals surface area (Å²) in [5.41, 5.74) is -0.0361. The number of hydrogen-bond donors (Lipinski definition) is 1. The van der Waals surface area contributed by atoms with Gasteiger partial charge in [0.1, 0.15) is 11.3 Å². The van der Waals surface area contributed by atoms with Crippen molar-refractivity contribution in [3.63, 3.8) is 0 Å². The summed E-state index contributed by atoms with van der Waals surface area (Å²) in [5, 5.41) is 3.12. The monoisotopic (exact) mass is 451 g/mol. The van der Waals surface area contributed by atoms with E-state index in [0.717, 1.165) is 54.6 Å². The third kappa shape index (κ3) is 5.03. The topological polar surface area (TPSA) is 96.0 Å². The van der Waals surface area contributed by atoms with Gasteiger partial charge in [-0.3, -0.25) is 14.5 Å². The van der Waals surface area contributed by atoms with Crippen LogP contribution in [-0.2, 0) is 19.6 Å². The Kier molecular flexibility index (Phi) is 6.95. The molecule has 172 valence electrons. The molecule has 1 N–H and O–H groups in total. The maximum atomic E-state index is 13.6. The molecule has 1 atom stereocenters. The summed E-state index contributed by atoms with van der Waals surface area (Å²) in [5.74, 6) is -0.344. The van der Waals surface area contributed by atoms with Crippen LogP contribution < -0.4 is 15.0 Å². The molecule has 31 heavy (non-hydrogen) atoms. The van der Waals surface area contributed by atoms with Crippen molar-refractivity contribution in [2.24, 2.45) is 0 Å². The maximum Gasteiger partial charge on any atom is 0.247 e. The number of nitrogens with one attached hydrogen (secondary N) is 1. The summed E-state index contributed by atoms with van der Waals surface area (Å²) in [6.45, 7) is 3.09. The minimum absolute atomic E-state index is 0.0248. The molecule has 8 nitrogen and oxygen atoms in total. The summed E-state index contributed by atoms with van der Waals surface area (Å²) < 4.78 is 31.2. The molecule has 0 bridgehead atoms. The van der Waals surface area contributed by atoms with E-state index in [9.17, 15) is 18.0 Å². The van der Waals surface area contributed by atoms with Gasteiger partial charge in [0.25, 0.3) is 0 Å². The van der Waals surface area contributed by atoms with E-state index in [2.05, 4.69) is 5.32 Å². The van der Waals surface area contributed by atoms with Gasteiger partial charge in [0.05, 0.1) is 25.6 Å². The fraction of sp³-hybridized carbons (Fsp3) is 0.636. The van der Waals surface area contributed by atoms with E-state index in [0.29, 0.717) is 11.4 Å². The fourth-order valence-corrected chi connectivity index (χ4v) is 5.35. The number of nitrogens with zero attached hydrogens (tertiary/aromatic N) is 2. The lowest BCUT2D eigenvalue weighted by Crippen LogP contribution is -2.70. The van der Waals surface area contributed by atoms with Crippen molar-refractivity contribution in [1.82, 2.24) is 9.62 Å². The SMILES string of the molecule is COc1ccc(C)cc1N1C(=O)CN(S(C)(=O)=O)C[C@@]1(C)C(=O)NC1CCCCCC1. The largest absolute Gasteiger partial charge is 0.495 e. The summed E-state index contributed by atoms with van der Waals surface area (Å²) in [7, 11) is -2.15. The fourth-order valence-electron chi connectivity index (χ4n) is 4.51. The van der Waals surface area contributed by atoms with Crippen molar-refractivity contribution in [3.8, 4) is 5.75 Å². The normalized spacial score (nSPS) is 24.0. The third-order valence-electron chi connectivity index (χ3n) is 6.26. The lowest BCUT2D eigenvalue weighted by Gasteiger charge is -2.47. The Balaban J connectivity index is 2.03. The van der Waals surface area contributed by atoms with Crippen LogP contribution in [0.4, 0.5) is 5.69 Å². The molecule has 1 aliphatic heterocycles. The highest BCUT2D eigenvalue weighted by molar-refractivity contribution is 7.88. The van der Waals surface area contributed by atoms with E-state index in [1.807, 2.05) is 13.0 Å².